The lowest BCUT2D eigenvalue weighted by atomic mass is 10.2. The van der Waals surface area contributed by atoms with E-state index in [2.05, 4.69) is 16.0 Å². The molecular formula is C12H17ClFN3O. The summed E-state index contributed by atoms with van der Waals surface area (Å²) in [6, 6.07) is 4.52. The number of hydrogen-bond donors (Lipinski definition) is 3. The largest absolute Gasteiger partial charge is 0.334 e. The van der Waals surface area contributed by atoms with Gasteiger partial charge in [-0.3, -0.25) is 0 Å². The molecule has 1 aromatic rings. The molecule has 0 radical (unpaired) electrons. The van der Waals surface area contributed by atoms with Crippen LogP contribution in [0.25, 0.3) is 0 Å². The van der Waals surface area contributed by atoms with E-state index >= 15 is 0 Å². The predicted octanol–water partition coefficient (Wildman–Crippen LogP) is 2.04. The van der Waals surface area contributed by atoms with Crippen LogP contribution >= 0.6 is 12.4 Å². The molecule has 6 heteroatoms. The molecule has 0 unspecified atom stereocenters. The lowest BCUT2D eigenvalue weighted by Crippen LogP contribution is -2.39. The molecule has 0 aromatic heterocycles. The van der Waals surface area contributed by atoms with Gasteiger partial charge < -0.3 is 16.0 Å². The molecule has 1 saturated heterocycles. The summed E-state index contributed by atoms with van der Waals surface area (Å²) in [5, 5.41) is 8.60. The molecule has 0 bridgehead atoms. The van der Waals surface area contributed by atoms with Crippen LogP contribution in [0.15, 0.2) is 18.2 Å². The van der Waals surface area contributed by atoms with Crippen molar-refractivity contribution >= 4 is 24.1 Å². The molecule has 3 N–H and O–H groups in total. The van der Waals surface area contributed by atoms with Crippen LogP contribution in [-0.2, 0) is 0 Å². The average Bonchev–Trinajstić information content (AvgIpc) is 2.76. The maximum Gasteiger partial charge on any atom is 0.319 e. The van der Waals surface area contributed by atoms with Crippen LogP contribution in [0.2, 0.25) is 0 Å². The number of amides is 2. The zero-order chi connectivity index (χ0) is 12.3. The molecule has 18 heavy (non-hydrogen) atoms. The molecule has 2 amide bonds. The quantitative estimate of drug-likeness (QED) is 0.772. The van der Waals surface area contributed by atoms with Crippen molar-refractivity contribution < 1.29 is 9.18 Å². The fourth-order valence-corrected chi connectivity index (χ4v) is 1.80. The van der Waals surface area contributed by atoms with Crippen LogP contribution in [0.4, 0.5) is 14.9 Å². The molecule has 1 heterocycles. The van der Waals surface area contributed by atoms with Crippen molar-refractivity contribution in [3.8, 4) is 0 Å². The summed E-state index contributed by atoms with van der Waals surface area (Å²) in [4.78, 5) is 11.6. The number of rotatable bonds is 2. The highest BCUT2D eigenvalue weighted by Crippen LogP contribution is 2.13. The monoisotopic (exact) mass is 273 g/mol. The van der Waals surface area contributed by atoms with Crippen molar-refractivity contribution in [3.05, 3.63) is 29.6 Å². The van der Waals surface area contributed by atoms with E-state index in [1.165, 1.54) is 6.07 Å². The third-order valence-electron chi connectivity index (χ3n) is 2.83. The Hall–Kier alpha value is -1.33. The van der Waals surface area contributed by atoms with Gasteiger partial charge in [0.1, 0.15) is 5.82 Å². The van der Waals surface area contributed by atoms with Gasteiger partial charge in [0, 0.05) is 18.3 Å². The van der Waals surface area contributed by atoms with Gasteiger partial charge in [-0.2, -0.15) is 0 Å². The van der Waals surface area contributed by atoms with Gasteiger partial charge in [-0.25, -0.2) is 9.18 Å². The predicted molar refractivity (Wildman–Crippen MR) is 71.8 cm³/mol. The number of urea groups is 1. The summed E-state index contributed by atoms with van der Waals surface area (Å²) in [6.07, 6.45) is 0.926. The Bertz CT molecular complexity index is 422. The second kappa shape index (κ2) is 6.56. The van der Waals surface area contributed by atoms with E-state index in [0.717, 1.165) is 19.5 Å². The fraction of sp³-hybridized carbons (Fsp3) is 0.417. The maximum absolute atomic E-state index is 13.3. The minimum absolute atomic E-state index is 0. The SMILES string of the molecule is Cc1ccc(NC(=O)N[C@H]2CCNC2)cc1F.Cl. The molecule has 1 atom stereocenters. The standard InChI is InChI=1S/C12H16FN3O.ClH/c1-8-2-3-9(6-11(8)13)15-12(17)16-10-4-5-14-7-10;/h2-3,6,10,14H,4-5,7H2,1H3,(H2,15,16,17);1H/t10-;/m0./s1. The van der Waals surface area contributed by atoms with Crippen LogP contribution in [0.1, 0.15) is 12.0 Å². The van der Waals surface area contributed by atoms with Gasteiger partial charge in [-0.05, 0) is 37.6 Å². The third-order valence-corrected chi connectivity index (χ3v) is 2.83. The second-order valence-corrected chi connectivity index (χ2v) is 4.25. The molecule has 100 valence electrons. The lowest BCUT2D eigenvalue weighted by molar-refractivity contribution is 0.249. The highest BCUT2D eigenvalue weighted by Gasteiger charge is 2.16. The number of anilines is 1. The van der Waals surface area contributed by atoms with Gasteiger partial charge in [0.25, 0.3) is 0 Å². The maximum atomic E-state index is 13.3. The molecule has 0 aliphatic carbocycles. The van der Waals surface area contributed by atoms with Gasteiger partial charge in [-0.15, -0.1) is 12.4 Å². The first-order valence-electron chi connectivity index (χ1n) is 5.69. The van der Waals surface area contributed by atoms with Crippen LogP contribution in [0.5, 0.6) is 0 Å². The van der Waals surface area contributed by atoms with E-state index < -0.39 is 0 Å². The second-order valence-electron chi connectivity index (χ2n) is 4.25. The summed E-state index contributed by atoms with van der Waals surface area (Å²) in [7, 11) is 0. The summed E-state index contributed by atoms with van der Waals surface area (Å²) >= 11 is 0. The van der Waals surface area contributed by atoms with Crippen LogP contribution in [0, 0.1) is 12.7 Å². The number of aryl methyl sites for hydroxylation is 1. The van der Waals surface area contributed by atoms with Gasteiger partial charge in [0.15, 0.2) is 0 Å². The van der Waals surface area contributed by atoms with Gasteiger partial charge in [0.2, 0.25) is 0 Å². The molecule has 1 aromatic carbocycles. The van der Waals surface area contributed by atoms with E-state index in [9.17, 15) is 9.18 Å². The smallest absolute Gasteiger partial charge is 0.319 e. The van der Waals surface area contributed by atoms with E-state index in [1.807, 2.05) is 0 Å². The molecule has 4 nitrogen and oxygen atoms in total. The third kappa shape index (κ3) is 3.85. The van der Waals surface area contributed by atoms with Crippen molar-refractivity contribution in [2.24, 2.45) is 0 Å². The highest BCUT2D eigenvalue weighted by molar-refractivity contribution is 5.89. The molecule has 0 saturated carbocycles. The first-order valence-corrected chi connectivity index (χ1v) is 5.69. The first kappa shape index (κ1) is 14.7. The van der Waals surface area contributed by atoms with Gasteiger partial charge in [0.05, 0.1) is 0 Å². The van der Waals surface area contributed by atoms with E-state index in [1.54, 1.807) is 19.1 Å². The minimum atomic E-state index is -0.315. The highest BCUT2D eigenvalue weighted by atomic mass is 35.5. The zero-order valence-corrected chi connectivity index (χ0v) is 10.9. The number of carbonyl (C=O) groups excluding carboxylic acids is 1. The number of carbonyl (C=O) groups is 1. The van der Waals surface area contributed by atoms with Crippen molar-refractivity contribution in [1.82, 2.24) is 10.6 Å². The number of benzene rings is 1. The summed E-state index contributed by atoms with van der Waals surface area (Å²) < 4.78 is 13.3. The summed E-state index contributed by atoms with van der Waals surface area (Å²) in [5.74, 6) is -0.315. The molecular weight excluding hydrogens is 257 g/mol. The van der Waals surface area contributed by atoms with E-state index in [4.69, 9.17) is 0 Å². The Morgan fingerprint density at radius 2 is 2.28 bits per heavy atom. The average molecular weight is 274 g/mol. The summed E-state index contributed by atoms with van der Waals surface area (Å²) in [5.41, 5.74) is 1.03. The van der Waals surface area contributed by atoms with E-state index in [0.29, 0.717) is 11.3 Å². The van der Waals surface area contributed by atoms with Crippen LogP contribution < -0.4 is 16.0 Å². The molecule has 2 rings (SSSR count). The van der Waals surface area contributed by atoms with Crippen LogP contribution in [0.3, 0.4) is 0 Å². The van der Waals surface area contributed by atoms with Crippen molar-refractivity contribution in [2.75, 3.05) is 18.4 Å². The molecule has 1 aliphatic heterocycles. The van der Waals surface area contributed by atoms with Gasteiger partial charge >= 0.3 is 6.03 Å². The van der Waals surface area contributed by atoms with Crippen LogP contribution in [-0.4, -0.2) is 25.2 Å². The summed E-state index contributed by atoms with van der Waals surface area (Å²) in [6.45, 7) is 3.39. The number of halogens is 2. The Labute approximate surface area is 112 Å². The zero-order valence-electron chi connectivity index (χ0n) is 10.1. The Kier molecular flexibility index (Phi) is 5.37. The Morgan fingerprint density at radius 3 is 2.89 bits per heavy atom. The number of nitrogens with one attached hydrogen (secondary N) is 3. The van der Waals surface area contributed by atoms with Crippen molar-refractivity contribution in [1.29, 1.82) is 0 Å². The number of hydrogen-bond acceptors (Lipinski definition) is 2. The van der Waals surface area contributed by atoms with Gasteiger partial charge in [-0.1, -0.05) is 6.07 Å². The minimum Gasteiger partial charge on any atom is -0.334 e. The molecule has 0 spiro atoms. The lowest BCUT2D eigenvalue weighted by Gasteiger charge is -2.12. The first-order chi connectivity index (χ1) is 8.15. The fourth-order valence-electron chi connectivity index (χ4n) is 1.80. The Morgan fingerprint density at radius 1 is 1.50 bits per heavy atom. The topological polar surface area (TPSA) is 53.2 Å². The van der Waals surface area contributed by atoms with E-state index in [-0.39, 0.29) is 30.3 Å². The molecule has 1 fully saturated rings. The molecule has 1 aliphatic rings. The van der Waals surface area contributed by atoms with Crippen molar-refractivity contribution in [2.45, 2.75) is 19.4 Å². The van der Waals surface area contributed by atoms with Crippen molar-refractivity contribution in [3.63, 3.8) is 0 Å². The normalized spacial score (nSPS) is 18.0. The Balaban J connectivity index is 0.00000162.